The SMILES string of the molecule is CC[C@@H]1CN(C(=O)CNC(=O)OC)C[C@@H]1OC(OCCC#N)N(C(C)C)C(C)C. The topological polar surface area (TPSA) is 104 Å². The molecule has 1 N–H and O–H groups in total. The van der Waals surface area contributed by atoms with E-state index in [2.05, 4.69) is 55.6 Å². The van der Waals surface area contributed by atoms with Crippen LogP contribution >= 0.6 is 0 Å². The van der Waals surface area contributed by atoms with E-state index >= 15 is 0 Å². The van der Waals surface area contributed by atoms with Crippen molar-refractivity contribution in [3.63, 3.8) is 0 Å². The average molecular weight is 413 g/mol. The molecule has 166 valence electrons. The summed E-state index contributed by atoms with van der Waals surface area (Å²) in [5, 5.41) is 11.3. The Kier molecular flexibility index (Phi) is 10.9. The van der Waals surface area contributed by atoms with E-state index in [9.17, 15) is 9.59 Å². The van der Waals surface area contributed by atoms with E-state index in [1.54, 1.807) is 4.90 Å². The normalized spacial score (nSPS) is 20.2. The Morgan fingerprint density at radius 1 is 1.24 bits per heavy atom. The zero-order chi connectivity index (χ0) is 22.0. The number of ether oxygens (including phenoxy) is 3. The molecule has 3 atom stereocenters. The first-order valence-electron chi connectivity index (χ1n) is 10.3. The monoisotopic (exact) mass is 412 g/mol. The van der Waals surface area contributed by atoms with Crippen molar-refractivity contribution in [1.29, 1.82) is 5.26 Å². The van der Waals surface area contributed by atoms with Gasteiger partial charge in [0.25, 0.3) is 0 Å². The number of hydrogen-bond donors (Lipinski definition) is 1. The van der Waals surface area contributed by atoms with Crippen LogP contribution < -0.4 is 5.32 Å². The Morgan fingerprint density at radius 2 is 1.90 bits per heavy atom. The van der Waals surface area contributed by atoms with Crippen LogP contribution in [0.15, 0.2) is 0 Å². The number of likely N-dealkylation sites (tertiary alicyclic amines) is 1. The quantitative estimate of drug-likeness (QED) is 0.408. The molecule has 0 spiro atoms. The Hall–Kier alpha value is -1.89. The van der Waals surface area contributed by atoms with Gasteiger partial charge in [0.1, 0.15) is 6.54 Å². The van der Waals surface area contributed by atoms with Crippen LogP contribution in [0.3, 0.4) is 0 Å². The molecule has 9 heteroatoms. The van der Waals surface area contributed by atoms with Crippen LogP contribution in [0.1, 0.15) is 47.5 Å². The van der Waals surface area contributed by atoms with Gasteiger partial charge in [-0.05, 0) is 34.1 Å². The summed E-state index contributed by atoms with van der Waals surface area (Å²) in [7, 11) is 1.26. The van der Waals surface area contributed by atoms with Crippen molar-refractivity contribution in [2.45, 2.75) is 72.1 Å². The van der Waals surface area contributed by atoms with E-state index < -0.39 is 12.5 Å². The molecule has 29 heavy (non-hydrogen) atoms. The zero-order valence-corrected chi connectivity index (χ0v) is 18.5. The molecule has 1 saturated heterocycles. The van der Waals surface area contributed by atoms with Crippen molar-refractivity contribution in [3.8, 4) is 6.07 Å². The highest BCUT2D eigenvalue weighted by molar-refractivity contribution is 5.82. The molecule has 0 aliphatic carbocycles. The van der Waals surface area contributed by atoms with E-state index in [1.165, 1.54) is 7.11 Å². The molecule has 0 radical (unpaired) electrons. The lowest BCUT2D eigenvalue weighted by molar-refractivity contribution is -0.262. The van der Waals surface area contributed by atoms with E-state index in [1.807, 2.05) is 0 Å². The fourth-order valence-electron chi connectivity index (χ4n) is 3.56. The molecule has 1 unspecified atom stereocenters. The molecule has 0 aromatic heterocycles. The first-order valence-corrected chi connectivity index (χ1v) is 10.3. The van der Waals surface area contributed by atoms with Crippen molar-refractivity contribution in [1.82, 2.24) is 15.1 Å². The third-order valence-corrected chi connectivity index (χ3v) is 5.03. The van der Waals surface area contributed by atoms with Crippen LogP contribution in [0.25, 0.3) is 0 Å². The van der Waals surface area contributed by atoms with Gasteiger partial charge >= 0.3 is 6.09 Å². The van der Waals surface area contributed by atoms with Gasteiger partial charge in [0.15, 0.2) is 0 Å². The van der Waals surface area contributed by atoms with E-state index in [0.717, 1.165) is 6.42 Å². The van der Waals surface area contributed by atoms with Gasteiger partial charge in [-0.15, -0.1) is 0 Å². The van der Waals surface area contributed by atoms with E-state index in [-0.39, 0.29) is 49.6 Å². The maximum absolute atomic E-state index is 12.4. The number of amides is 2. The van der Waals surface area contributed by atoms with Crippen molar-refractivity contribution in [2.75, 3.05) is 33.4 Å². The van der Waals surface area contributed by atoms with Crippen LogP contribution in [0.5, 0.6) is 0 Å². The summed E-state index contributed by atoms with van der Waals surface area (Å²) < 4.78 is 16.8. The first-order chi connectivity index (χ1) is 13.7. The molecule has 0 aromatic rings. The molecule has 1 heterocycles. The summed E-state index contributed by atoms with van der Waals surface area (Å²) in [5.41, 5.74) is 0. The van der Waals surface area contributed by atoms with Crippen molar-refractivity contribution >= 4 is 12.0 Å². The predicted octanol–water partition coefficient (Wildman–Crippen LogP) is 1.93. The molecule has 1 aliphatic rings. The molecular weight excluding hydrogens is 376 g/mol. The van der Waals surface area contributed by atoms with Gasteiger partial charge in [0.2, 0.25) is 12.3 Å². The van der Waals surface area contributed by atoms with Crippen LogP contribution in [-0.2, 0) is 19.0 Å². The number of carbonyl (C=O) groups is 2. The minimum atomic E-state index is -0.632. The largest absolute Gasteiger partial charge is 0.453 e. The summed E-state index contributed by atoms with van der Waals surface area (Å²) in [6.07, 6.45) is -0.268. The smallest absolute Gasteiger partial charge is 0.407 e. The number of nitrogens with one attached hydrogen (secondary N) is 1. The summed E-state index contributed by atoms with van der Waals surface area (Å²) in [6, 6.07) is 2.46. The van der Waals surface area contributed by atoms with E-state index in [0.29, 0.717) is 13.1 Å². The van der Waals surface area contributed by atoms with Gasteiger partial charge in [-0.25, -0.2) is 4.79 Å². The predicted molar refractivity (Wildman–Crippen MR) is 108 cm³/mol. The van der Waals surface area contributed by atoms with Gasteiger partial charge in [0.05, 0.1) is 32.3 Å². The minimum absolute atomic E-state index is 0.109. The van der Waals surface area contributed by atoms with Crippen molar-refractivity contribution in [2.24, 2.45) is 5.92 Å². The fraction of sp³-hybridized carbons (Fsp3) is 0.850. The van der Waals surface area contributed by atoms with Crippen molar-refractivity contribution < 1.29 is 23.8 Å². The second-order valence-corrected chi connectivity index (χ2v) is 7.71. The molecular formula is C20H36N4O5. The maximum Gasteiger partial charge on any atom is 0.407 e. The molecule has 9 nitrogen and oxygen atoms in total. The molecule has 0 bridgehead atoms. The van der Waals surface area contributed by atoms with Crippen molar-refractivity contribution in [3.05, 3.63) is 0 Å². The molecule has 2 amide bonds. The number of rotatable bonds is 11. The van der Waals surface area contributed by atoms with Gasteiger partial charge in [-0.3, -0.25) is 9.69 Å². The van der Waals surface area contributed by atoms with Crippen LogP contribution in [0.4, 0.5) is 4.79 Å². The summed E-state index contributed by atoms with van der Waals surface area (Å²) in [6.45, 7) is 11.5. The Balaban J connectivity index is 2.83. The highest BCUT2D eigenvalue weighted by atomic mass is 16.7. The maximum atomic E-state index is 12.4. The number of nitrogens with zero attached hydrogens (tertiary/aromatic N) is 3. The second kappa shape index (κ2) is 12.6. The highest BCUT2D eigenvalue weighted by Crippen LogP contribution is 2.26. The third-order valence-electron chi connectivity index (χ3n) is 5.03. The number of hydrogen-bond acceptors (Lipinski definition) is 7. The first kappa shape index (κ1) is 25.1. The van der Waals surface area contributed by atoms with Crippen LogP contribution in [-0.4, -0.2) is 79.8 Å². The average Bonchev–Trinajstić information content (AvgIpc) is 3.08. The molecule has 0 saturated carbocycles. The molecule has 1 aliphatic heterocycles. The second-order valence-electron chi connectivity index (χ2n) is 7.71. The molecule has 0 aromatic carbocycles. The van der Waals surface area contributed by atoms with Crippen LogP contribution in [0, 0.1) is 17.2 Å². The Labute approximate surface area is 174 Å². The Bertz CT molecular complexity index is 556. The lowest BCUT2D eigenvalue weighted by Crippen LogP contribution is -2.50. The molecule has 1 fully saturated rings. The number of methoxy groups -OCH3 is 1. The summed E-state index contributed by atoms with van der Waals surface area (Å²) in [5.74, 6) is -0.00760. The highest BCUT2D eigenvalue weighted by Gasteiger charge is 2.38. The van der Waals surface area contributed by atoms with Gasteiger partial charge in [0, 0.05) is 31.1 Å². The summed E-state index contributed by atoms with van der Waals surface area (Å²) >= 11 is 0. The summed E-state index contributed by atoms with van der Waals surface area (Å²) in [4.78, 5) is 27.5. The lowest BCUT2D eigenvalue weighted by atomic mass is 10.0. The van der Waals surface area contributed by atoms with E-state index in [4.69, 9.17) is 14.7 Å². The molecule has 1 rings (SSSR count). The van der Waals surface area contributed by atoms with Gasteiger partial charge in [-0.1, -0.05) is 6.92 Å². The van der Waals surface area contributed by atoms with Gasteiger partial charge < -0.3 is 24.4 Å². The number of carbonyl (C=O) groups excluding carboxylic acids is 2. The fourth-order valence-corrected chi connectivity index (χ4v) is 3.56. The number of nitriles is 1. The zero-order valence-electron chi connectivity index (χ0n) is 18.5. The standard InChI is InChI=1S/C20H36N4O5/c1-7-16-12-23(18(25)11-22-19(26)27-6)13-17(16)29-20(28-10-8-9-21)24(14(2)3)15(4)5/h14-17,20H,7-8,10-13H2,1-6H3,(H,22,26)/t16-,17+,20?/m1/s1. The Morgan fingerprint density at radius 3 is 2.41 bits per heavy atom. The lowest BCUT2D eigenvalue weighted by Gasteiger charge is -2.39. The number of alkyl carbamates (subject to hydrolysis) is 1. The minimum Gasteiger partial charge on any atom is -0.453 e. The van der Waals surface area contributed by atoms with Crippen LogP contribution in [0.2, 0.25) is 0 Å². The van der Waals surface area contributed by atoms with Gasteiger partial charge in [-0.2, -0.15) is 5.26 Å². The third kappa shape index (κ3) is 7.80.